The Kier molecular flexibility index (Phi) is 10.4. The van der Waals surface area contributed by atoms with Crippen molar-refractivity contribution in [3.05, 3.63) is 6.04 Å². The zero-order valence-electron chi connectivity index (χ0n) is 11.6. The maximum absolute atomic E-state index is 6.07. The van der Waals surface area contributed by atoms with E-state index in [9.17, 15) is 0 Å². The lowest BCUT2D eigenvalue weighted by Crippen LogP contribution is -2.43. The number of hydrogen-bond donors (Lipinski definition) is 0. The summed E-state index contributed by atoms with van der Waals surface area (Å²) in [6.45, 7) is 10.5. The largest absolute Gasteiger partial charge is 0.394 e. The molecule has 97 valence electrons. The van der Waals surface area contributed by atoms with Crippen LogP contribution in [0.4, 0.5) is 0 Å². The molecule has 0 saturated carbocycles. The molecule has 16 heavy (non-hydrogen) atoms. The lowest BCUT2D eigenvalue weighted by Gasteiger charge is -2.29. The van der Waals surface area contributed by atoms with E-state index < -0.39 is 8.56 Å². The highest BCUT2D eigenvalue weighted by Crippen LogP contribution is 2.19. The molecule has 0 aliphatic carbocycles. The number of unbranched alkanes of at least 4 members (excludes halogenated alkanes) is 2. The minimum Gasteiger partial charge on any atom is -0.394 e. The average molecular weight is 245 g/mol. The van der Waals surface area contributed by atoms with Crippen LogP contribution in [-0.2, 0) is 8.85 Å². The van der Waals surface area contributed by atoms with Crippen molar-refractivity contribution in [2.45, 2.75) is 65.8 Å². The molecule has 0 bridgehead atoms. The summed E-state index contributed by atoms with van der Waals surface area (Å²) in [5, 5.41) is 0. The van der Waals surface area contributed by atoms with E-state index in [-0.39, 0.29) is 0 Å². The highest BCUT2D eigenvalue weighted by atomic mass is 28.4. The fraction of sp³-hybridized carbons (Fsp3) is 0.923. The normalized spacial score (nSPS) is 12.0. The first-order chi connectivity index (χ1) is 7.74. The lowest BCUT2D eigenvalue weighted by atomic mass is 10.4. The Balaban J connectivity index is 4.09. The van der Waals surface area contributed by atoms with Crippen LogP contribution < -0.4 is 0 Å². The maximum atomic E-state index is 6.07. The van der Waals surface area contributed by atoms with E-state index >= 15 is 0 Å². The molecule has 2 nitrogen and oxygen atoms in total. The molecule has 1 radical (unpaired) electrons. The monoisotopic (exact) mass is 245 g/mol. The predicted molar refractivity (Wildman–Crippen MR) is 72.5 cm³/mol. The van der Waals surface area contributed by atoms with Crippen molar-refractivity contribution < 1.29 is 8.85 Å². The maximum Gasteiger partial charge on any atom is 0.341 e. The van der Waals surface area contributed by atoms with Crippen LogP contribution >= 0.6 is 0 Å². The Morgan fingerprint density at radius 1 is 0.875 bits per heavy atom. The van der Waals surface area contributed by atoms with Crippen molar-refractivity contribution in [3.8, 4) is 0 Å². The fourth-order valence-corrected chi connectivity index (χ4v) is 4.22. The number of rotatable bonds is 11. The molecule has 0 spiro atoms. The molecular formula is C13H29O2Si. The van der Waals surface area contributed by atoms with Gasteiger partial charge in [0.2, 0.25) is 0 Å². The minimum atomic E-state index is -1.97. The van der Waals surface area contributed by atoms with Crippen LogP contribution in [0.15, 0.2) is 0 Å². The van der Waals surface area contributed by atoms with E-state index in [1.165, 1.54) is 12.8 Å². The second-order valence-electron chi connectivity index (χ2n) is 4.18. The summed E-state index contributed by atoms with van der Waals surface area (Å²) in [5.41, 5.74) is 0. The van der Waals surface area contributed by atoms with Crippen molar-refractivity contribution >= 4 is 8.56 Å². The van der Waals surface area contributed by atoms with Crippen LogP contribution in [0.5, 0.6) is 0 Å². The van der Waals surface area contributed by atoms with E-state index in [0.717, 1.165) is 38.5 Å². The van der Waals surface area contributed by atoms with Gasteiger partial charge >= 0.3 is 8.56 Å². The van der Waals surface area contributed by atoms with E-state index in [1.807, 2.05) is 0 Å². The smallest absolute Gasteiger partial charge is 0.341 e. The molecule has 0 N–H and O–H groups in total. The zero-order chi connectivity index (χ0) is 12.3. The molecule has 0 fully saturated rings. The van der Waals surface area contributed by atoms with Gasteiger partial charge in [0.25, 0.3) is 0 Å². The third kappa shape index (κ3) is 6.66. The molecule has 0 saturated heterocycles. The fourth-order valence-electron chi connectivity index (χ4n) is 1.60. The van der Waals surface area contributed by atoms with Gasteiger partial charge in [0.15, 0.2) is 0 Å². The Hall–Kier alpha value is 0.137. The Morgan fingerprint density at radius 3 is 1.69 bits per heavy atom. The SMILES string of the molecule is CC[CH][Si](CC)(OCCCC)OCCCC. The van der Waals surface area contributed by atoms with E-state index in [1.54, 1.807) is 0 Å². The Labute approximate surface area is 103 Å². The van der Waals surface area contributed by atoms with Gasteiger partial charge < -0.3 is 8.85 Å². The molecular weight excluding hydrogens is 216 g/mol. The van der Waals surface area contributed by atoms with Crippen molar-refractivity contribution in [2.75, 3.05) is 13.2 Å². The second-order valence-corrected chi connectivity index (χ2v) is 7.50. The highest BCUT2D eigenvalue weighted by Gasteiger charge is 2.34. The molecule has 0 amide bonds. The summed E-state index contributed by atoms with van der Waals surface area (Å²) in [7, 11) is -1.97. The van der Waals surface area contributed by atoms with Crippen molar-refractivity contribution in [1.82, 2.24) is 0 Å². The van der Waals surface area contributed by atoms with Gasteiger partial charge in [-0.2, -0.15) is 0 Å². The summed E-state index contributed by atoms with van der Waals surface area (Å²) in [5.74, 6) is 0. The summed E-state index contributed by atoms with van der Waals surface area (Å²) in [6, 6.07) is 3.34. The van der Waals surface area contributed by atoms with E-state index in [4.69, 9.17) is 8.85 Å². The third-order valence-corrected chi connectivity index (χ3v) is 6.10. The second kappa shape index (κ2) is 10.3. The lowest BCUT2D eigenvalue weighted by molar-refractivity contribution is 0.170. The summed E-state index contributed by atoms with van der Waals surface area (Å²) >= 11 is 0. The van der Waals surface area contributed by atoms with Crippen LogP contribution in [0, 0.1) is 6.04 Å². The van der Waals surface area contributed by atoms with Gasteiger partial charge in [-0.25, -0.2) is 0 Å². The molecule has 0 rings (SSSR count). The third-order valence-electron chi connectivity index (χ3n) is 2.70. The molecule has 0 aliphatic heterocycles. The summed E-state index contributed by atoms with van der Waals surface area (Å²) < 4.78 is 12.1. The van der Waals surface area contributed by atoms with E-state index in [2.05, 4.69) is 33.7 Å². The highest BCUT2D eigenvalue weighted by molar-refractivity contribution is 6.71. The van der Waals surface area contributed by atoms with Gasteiger partial charge in [0.05, 0.1) is 0 Å². The van der Waals surface area contributed by atoms with Crippen LogP contribution in [0.2, 0.25) is 6.04 Å². The predicted octanol–water partition coefficient (Wildman–Crippen LogP) is 4.24. The minimum absolute atomic E-state index is 0.860. The standard InChI is InChI=1S/C13H29O2Si/c1-5-9-11-14-16(8-4,13-7-3)15-12-10-6-2/h13H,5-12H2,1-4H3. The average Bonchev–Trinajstić information content (AvgIpc) is 2.29. The molecule has 0 aromatic rings. The van der Waals surface area contributed by atoms with Crippen molar-refractivity contribution in [2.24, 2.45) is 0 Å². The van der Waals surface area contributed by atoms with Gasteiger partial charge in [-0.05, 0) is 18.9 Å². The van der Waals surface area contributed by atoms with Gasteiger partial charge in [0.1, 0.15) is 0 Å². The summed E-state index contributed by atoms with van der Waals surface area (Å²) in [4.78, 5) is 0. The molecule has 0 aromatic heterocycles. The first-order valence-electron chi connectivity index (χ1n) is 6.86. The Morgan fingerprint density at radius 2 is 1.38 bits per heavy atom. The van der Waals surface area contributed by atoms with Gasteiger partial charge in [0, 0.05) is 19.3 Å². The van der Waals surface area contributed by atoms with Crippen molar-refractivity contribution in [1.29, 1.82) is 0 Å². The molecule has 0 aromatic carbocycles. The first-order valence-corrected chi connectivity index (χ1v) is 8.97. The topological polar surface area (TPSA) is 18.5 Å². The molecule has 0 atom stereocenters. The molecule has 3 heteroatoms. The van der Waals surface area contributed by atoms with E-state index in [0.29, 0.717) is 0 Å². The Bertz CT molecular complexity index is 141. The van der Waals surface area contributed by atoms with Crippen LogP contribution in [0.25, 0.3) is 0 Å². The van der Waals surface area contributed by atoms with Gasteiger partial charge in [-0.1, -0.05) is 47.0 Å². The van der Waals surface area contributed by atoms with Crippen LogP contribution in [0.1, 0.15) is 59.8 Å². The molecule has 0 heterocycles. The first kappa shape index (κ1) is 16.1. The van der Waals surface area contributed by atoms with Crippen LogP contribution in [-0.4, -0.2) is 21.8 Å². The summed E-state index contributed by atoms with van der Waals surface area (Å²) in [6.07, 6.45) is 5.72. The van der Waals surface area contributed by atoms with Gasteiger partial charge in [-0.3, -0.25) is 0 Å². The molecule has 0 aliphatic rings. The van der Waals surface area contributed by atoms with Crippen molar-refractivity contribution in [3.63, 3.8) is 0 Å². The van der Waals surface area contributed by atoms with Gasteiger partial charge in [-0.15, -0.1) is 0 Å². The zero-order valence-corrected chi connectivity index (χ0v) is 12.6. The van der Waals surface area contributed by atoms with Crippen LogP contribution in [0.3, 0.4) is 0 Å². The quantitative estimate of drug-likeness (QED) is 0.400. The number of hydrogen-bond acceptors (Lipinski definition) is 2. The molecule has 0 unspecified atom stereocenters.